The zero-order chi connectivity index (χ0) is 24.5. The lowest BCUT2D eigenvalue weighted by molar-refractivity contribution is -0.143. The van der Waals surface area contributed by atoms with Gasteiger partial charge in [-0.15, -0.1) is 0 Å². The van der Waals surface area contributed by atoms with Gasteiger partial charge in [-0.3, -0.25) is 9.52 Å². The Morgan fingerprint density at radius 3 is 2.59 bits per heavy atom. The van der Waals surface area contributed by atoms with Crippen LogP contribution in [0.15, 0.2) is 69.8 Å². The van der Waals surface area contributed by atoms with E-state index in [1.807, 2.05) is 29.7 Å². The minimum atomic E-state index is -3.92. The van der Waals surface area contributed by atoms with Gasteiger partial charge in [0.1, 0.15) is 6.54 Å². The van der Waals surface area contributed by atoms with E-state index in [1.165, 1.54) is 24.3 Å². The minimum Gasteiger partial charge on any atom is -0.465 e. The number of sulfonamides is 1. The van der Waals surface area contributed by atoms with E-state index in [-0.39, 0.29) is 24.1 Å². The number of nitrogens with zero attached hydrogens (tertiary/aromatic N) is 3. The van der Waals surface area contributed by atoms with Crippen LogP contribution >= 0.6 is 23.4 Å². The zero-order valence-electron chi connectivity index (χ0n) is 18.8. The zero-order valence-corrected chi connectivity index (χ0v) is 21.2. The minimum absolute atomic E-state index is 0.00773. The van der Waals surface area contributed by atoms with Crippen LogP contribution in [0.4, 0.5) is 5.69 Å². The number of hydrogen-bond acceptors (Lipinski definition) is 6. The molecule has 8 nitrogen and oxygen atoms in total. The first kappa shape index (κ1) is 24.2. The summed E-state index contributed by atoms with van der Waals surface area (Å²) in [6, 6.07) is 12.7. The Balaban J connectivity index is 1.86. The van der Waals surface area contributed by atoms with E-state index in [1.54, 1.807) is 42.8 Å². The summed E-state index contributed by atoms with van der Waals surface area (Å²) in [5.41, 5.74) is 1.92. The number of imidazole rings is 1. The smallest absolute Gasteiger partial charge is 0.325 e. The van der Waals surface area contributed by atoms with E-state index in [9.17, 15) is 13.2 Å². The van der Waals surface area contributed by atoms with Gasteiger partial charge in [0, 0.05) is 39.1 Å². The summed E-state index contributed by atoms with van der Waals surface area (Å²) in [4.78, 5) is 18.0. The molecule has 0 spiro atoms. The second-order valence-corrected chi connectivity index (χ2v) is 10.7. The number of aryl methyl sites for hydroxylation is 1. The standard InChI is InChI=1S/C23H23ClN4O4S2/c1-4-32-21(29)13-28-15(2)23(33-17-10-8-16(24)9-11-17)22-18(6-5-7-19(22)28)26-34(30,31)20-12-27(3)14-25-20/h5-12,14,26H,4,13H2,1-3H3. The second kappa shape index (κ2) is 9.73. The fraction of sp³-hybridized carbons (Fsp3) is 0.217. The molecule has 0 aliphatic carbocycles. The molecule has 2 aromatic heterocycles. The van der Waals surface area contributed by atoms with Crippen LogP contribution in [0.2, 0.25) is 5.02 Å². The normalized spacial score (nSPS) is 11.6. The molecule has 0 radical (unpaired) electrons. The van der Waals surface area contributed by atoms with Crippen LogP contribution in [0.25, 0.3) is 10.9 Å². The van der Waals surface area contributed by atoms with Gasteiger partial charge in [0.05, 0.1) is 24.1 Å². The van der Waals surface area contributed by atoms with Crippen molar-refractivity contribution >= 4 is 55.9 Å². The van der Waals surface area contributed by atoms with Crippen LogP contribution < -0.4 is 4.72 Å². The molecule has 1 N–H and O–H groups in total. The number of benzene rings is 2. The topological polar surface area (TPSA) is 95.2 Å². The van der Waals surface area contributed by atoms with Crippen molar-refractivity contribution in [1.82, 2.24) is 14.1 Å². The van der Waals surface area contributed by atoms with Crippen molar-refractivity contribution in [3.63, 3.8) is 0 Å². The number of hydrogen-bond donors (Lipinski definition) is 1. The highest BCUT2D eigenvalue weighted by atomic mass is 35.5. The highest BCUT2D eigenvalue weighted by Gasteiger charge is 2.24. The molecule has 11 heteroatoms. The van der Waals surface area contributed by atoms with Crippen LogP contribution in [0.3, 0.4) is 0 Å². The Morgan fingerprint density at radius 1 is 1.21 bits per heavy atom. The SMILES string of the molecule is CCOC(=O)Cn1c(C)c(Sc2ccc(Cl)cc2)c2c(NS(=O)(=O)c3cn(C)cn3)cccc21. The number of ether oxygens (including phenoxy) is 1. The van der Waals surface area contributed by atoms with Gasteiger partial charge in [0.15, 0.2) is 5.03 Å². The highest BCUT2D eigenvalue weighted by molar-refractivity contribution is 7.99. The maximum Gasteiger partial charge on any atom is 0.325 e. The molecule has 2 heterocycles. The predicted molar refractivity (Wildman–Crippen MR) is 133 cm³/mol. The molecule has 0 saturated carbocycles. The van der Waals surface area contributed by atoms with Crippen LogP contribution in [0.5, 0.6) is 0 Å². The lowest BCUT2D eigenvalue weighted by Crippen LogP contribution is -2.14. The maximum atomic E-state index is 13.0. The monoisotopic (exact) mass is 518 g/mol. The van der Waals surface area contributed by atoms with Gasteiger partial charge >= 0.3 is 5.97 Å². The molecule has 0 aliphatic heterocycles. The fourth-order valence-corrected chi connectivity index (χ4v) is 5.85. The van der Waals surface area contributed by atoms with E-state index in [0.717, 1.165) is 15.5 Å². The number of carbonyl (C=O) groups excluding carboxylic acids is 1. The summed E-state index contributed by atoms with van der Waals surface area (Å²) in [5.74, 6) is -0.370. The van der Waals surface area contributed by atoms with Gasteiger partial charge in [-0.2, -0.15) is 8.42 Å². The number of aromatic nitrogens is 3. The van der Waals surface area contributed by atoms with E-state index >= 15 is 0 Å². The summed E-state index contributed by atoms with van der Waals surface area (Å²) < 4.78 is 37.3. The van der Waals surface area contributed by atoms with Gasteiger partial charge in [-0.05, 0) is 50.2 Å². The number of anilines is 1. The Hall–Kier alpha value is -2.95. The molecule has 0 bridgehead atoms. The van der Waals surface area contributed by atoms with Crippen LogP contribution in [0.1, 0.15) is 12.6 Å². The molecule has 0 atom stereocenters. The Morgan fingerprint density at radius 2 is 1.94 bits per heavy atom. The van der Waals surface area contributed by atoms with E-state index in [4.69, 9.17) is 16.3 Å². The number of halogens is 1. The molecule has 2 aromatic carbocycles. The Kier molecular flexibility index (Phi) is 6.92. The summed E-state index contributed by atoms with van der Waals surface area (Å²) >= 11 is 7.51. The average Bonchev–Trinajstić information content (AvgIpc) is 3.34. The first-order chi connectivity index (χ1) is 16.2. The number of carbonyl (C=O) groups is 1. The van der Waals surface area contributed by atoms with E-state index in [0.29, 0.717) is 21.6 Å². The highest BCUT2D eigenvalue weighted by Crippen LogP contribution is 2.42. The summed E-state index contributed by atoms with van der Waals surface area (Å²) in [5, 5.41) is 1.22. The van der Waals surface area contributed by atoms with Crippen molar-refractivity contribution < 1.29 is 17.9 Å². The van der Waals surface area contributed by atoms with Crippen molar-refractivity contribution in [3.8, 4) is 0 Å². The van der Waals surface area contributed by atoms with Gasteiger partial charge < -0.3 is 13.9 Å². The largest absolute Gasteiger partial charge is 0.465 e. The van der Waals surface area contributed by atoms with Gasteiger partial charge in [-0.1, -0.05) is 29.4 Å². The fourth-order valence-electron chi connectivity index (χ4n) is 3.58. The number of fused-ring (bicyclic) bond motifs is 1. The van der Waals surface area contributed by atoms with Crippen LogP contribution in [-0.4, -0.2) is 35.1 Å². The first-order valence-corrected chi connectivity index (χ1v) is 13.1. The van der Waals surface area contributed by atoms with Gasteiger partial charge in [0.2, 0.25) is 0 Å². The predicted octanol–water partition coefficient (Wildman–Crippen LogP) is 4.85. The van der Waals surface area contributed by atoms with Crippen molar-refractivity contribution in [2.45, 2.75) is 35.2 Å². The average molecular weight is 519 g/mol. The number of rotatable bonds is 8. The lowest BCUT2D eigenvalue weighted by Gasteiger charge is -2.10. The lowest BCUT2D eigenvalue weighted by atomic mass is 10.2. The molecule has 0 aliphatic rings. The third-order valence-corrected chi connectivity index (χ3v) is 7.83. The third kappa shape index (κ3) is 4.94. The Bertz CT molecular complexity index is 1460. The Labute approximate surface area is 206 Å². The molecular formula is C23H23ClN4O4S2. The molecule has 4 rings (SSSR count). The van der Waals surface area contributed by atoms with Crippen molar-refractivity contribution in [2.24, 2.45) is 7.05 Å². The van der Waals surface area contributed by atoms with Crippen LogP contribution in [-0.2, 0) is 33.1 Å². The molecule has 4 aromatic rings. The van der Waals surface area contributed by atoms with Gasteiger partial charge in [0.25, 0.3) is 10.0 Å². The summed E-state index contributed by atoms with van der Waals surface area (Å²) in [7, 11) is -2.22. The maximum absolute atomic E-state index is 13.0. The van der Waals surface area contributed by atoms with Crippen molar-refractivity contribution in [1.29, 1.82) is 0 Å². The number of esters is 1. The quantitative estimate of drug-likeness (QED) is 0.335. The first-order valence-electron chi connectivity index (χ1n) is 10.4. The van der Waals surface area contributed by atoms with E-state index in [2.05, 4.69) is 9.71 Å². The molecule has 0 amide bonds. The summed E-state index contributed by atoms with van der Waals surface area (Å²) in [6.07, 6.45) is 2.86. The van der Waals surface area contributed by atoms with Crippen molar-refractivity contribution in [3.05, 3.63) is 65.7 Å². The van der Waals surface area contributed by atoms with Crippen molar-refractivity contribution in [2.75, 3.05) is 11.3 Å². The second-order valence-electron chi connectivity index (χ2n) is 7.54. The molecule has 34 heavy (non-hydrogen) atoms. The molecule has 0 unspecified atom stereocenters. The third-order valence-electron chi connectivity index (χ3n) is 5.12. The van der Waals surface area contributed by atoms with Crippen LogP contribution in [0, 0.1) is 6.92 Å². The van der Waals surface area contributed by atoms with E-state index < -0.39 is 10.0 Å². The molecule has 0 saturated heterocycles. The molecule has 0 fully saturated rings. The number of nitrogens with one attached hydrogen (secondary N) is 1. The molecular weight excluding hydrogens is 496 g/mol. The van der Waals surface area contributed by atoms with Gasteiger partial charge in [-0.25, -0.2) is 4.98 Å². The molecule has 178 valence electrons. The summed E-state index contributed by atoms with van der Waals surface area (Å²) in [6.45, 7) is 3.94.